The van der Waals surface area contributed by atoms with Crippen LogP contribution >= 0.6 is 12.2 Å². The first kappa shape index (κ1) is 21.4. The number of nitrogens with zero attached hydrogens (tertiary/aromatic N) is 2. The topological polar surface area (TPSA) is 18.5 Å². The summed E-state index contributed by atoms with van der Waals surface area (Å²) >= 11 is 5.46. The molecule has 1 aliphatic heterocycles. The molecule has 0 unspecified atom stereocenters. The van der Waals surface area contributed by atoms with Crippen LogP contribution in [0.3, 0.4) is 0 Å². The highest BCUT2D eigenvalue weighted by atomic mass is 32.1. The van der Waals surface area contributed by atoms with Crippen LogP contribution in [0.2, 0.25) is 0 Å². The molecule has 0 bridgehead atoms. The Bertz CT molecular complexity index is 671. The van der Waals surface area contributed by atoms with Gasteiger partial charge in [-0.2, -0.15) is 13.2 Å². The van der Waals surface area contributed by atoms with Crippen LogP contribution in [0.1, 0.15) is 51.0 Å². The number of nitrogens with one attached hydrogen (secondary N) is 1. The fourth-order valence-electron chi connectivity index (χ4n) is 4.62. The van der Waals surface area contributed by atoms with E-state index in [0.717, 1.165) is 44.0 Å². The molecule has 0 aromatic heterocycles. The molecule has 1 aromatic carbocycles. The number of hydrogen-bond acceptors (Lipinski definition) is 2. The summed E-state index contributed by atoms with van der Waals surface area (Å²) in [6, 6.07) is 6.42. The molecule has 2 atom stereocenters. The van der Waals surface area contributed by atoms with Crippen molar-refractivity contribution >= 4 is 23.0 Å². The molecule has 1 saturated carbocycles. The van der Waals surface area contributed by atoms with Crippen molar-refractivity contribution in [3.05, 3.63) is 29.8 Å². The second-order valence-electron chi connectivity index (χ2n) is 8.22. The highest BCUT2D eigenvalue weighted by molar-refractivity contribution is 7.80. The van der Waals surface area contributed by atoms with Gasteiger partial charge in [0.1, 0.15) is 0 Å². The van der Waals surface area contributed by atoms with Crippen molar-refractivity contribution in [2.24, 2.45) is 5.92 Å². The van der Waals surface area contributed by atoms with E-state index in [1.165, 1.54) is 31.7 Å². The second-order valence-corrected chi connectivity index (χ2v) is 8.61. The van der Waals surface area contributed by atoms with Crippen molar-refractivity contribution in [1.29, 1.82) is 0 Å². The van der Waals surface area contributed by atoms with E-state index in [9.17, 15) is 13.2 Å². The Morgan fingerprint density at radius 1 is 1.14 bits per heavy atom. The molecule has 1 saturated heterocycles. The monoisotopic (exact) mass is 413 g/mol. The SMILES string of the molecule is C[C@@H]1CCCC[C@H]1N(C)C1CCN(C(=S)Nc2cccc(C(F)(F)F)c2)CC1. The largest absolute Gasteiger partial charge is 0.416 e. The zero-order chi connectivity index (χ0) is 20.3. The molecule has 2 fully saturated rings. The number of halogens is 3. The summed E-state index contributed by atoms with van der Waals surface area (Å²) in [6.07, 6.45) is 2.99. The van der Waals surface area contributed by atoms with Crippen LogP contribution in [0, 0.1) is 5.92 Å². The average Bonchev–Trinajstić information content (AvgIpc) is 2.67. The predicted octanol–water partition coefficient (Wildman–Crippen LogP) is 5.38. The Morgan fingerprint density at radius 2 is 1.82 bits per heavy atom. The highest BCUT2D eigenvalue weighted by Crippen LogP contribution is 2.32. The maximum Gasteiger partial charge on any atom is 0.416 e. The van der Waals surface area contributed by atoms with Crippen molar-refractivity contribution in [3.63, 3.8) is 0 Å². The van der Waals surface area contributed by atoms with E-state index < -0.39 is 11.7 Å². The van der Waals surface area contributed by atoms with E-state index in [1.54, 1.807) is 6.07 Å². The molecule has 1 N–H and O–H groups in total. The molecule has 0 spiro atoms. The van der Waals surface area contributed by atoms with Crippen molar-refractivity contribution in [2.45, 2.75) is 63.7 Å². The molecule has 3 rings (SSSR count). The second kappa shape index (κ2) is 8.99. The van der Waals surface area contributed by atoms with Gasteiger partial charge >= 0.3 is 6.18 Å². The molecule has 0 amide bonds. The van der Waals surface area contributed by atoms with Gasteiger partial charge in [-0.05, 0) is 69.1 Å². The maximum absolute atomic E-state index is 12.9. The number of hydrogen-bond donors (Lipinski definition) is 1. The summed E-state index contributed by atoms with van der Waals surface area (Å²) in [5, 5.41) is 3.49. The maximum atomic E-state index is 12.9. The summed E-state index contributed by atoms with van der Waals surface area (Å²) in [7, 11) is 2.26. The summed E-state index contributed by atoms with van der Waals surface area (Å²) in [6.45, 7) is 4.03. The van der Waals surface area contributed by atoms with Crippen LogP contribution in [0.15, 0.2) is 24.3 Å². The smallest absolute Gasteiger partial charge is 0.349 e. The number of piperidine rings is 1. The lowest BCUT2D eigenvalue weighted by Gasteiger charge is -2.44. The van der Waals surface area contributed by atoms with Gasteiger partial charge in [-0.3, -0.25) is 0 Å². The molecule has 3 nitrogen and oxygen atoms in total. The molecule has 1 aromatic rings. The third-order valence-corrected chi connectivity index (χ3v) is 6.72. The van der Waals surface area contributed by atoms with E-state index in [4.69, 9.17) is 12.2 Å². The third-order valence-electron chi connectivity index (χ3n) is 6.36. The van der Waals surface area contributed by atoms with Gasteiger partial charge in [0, 0.05) is 30.9 Å². The lowest BCUT2D eigenvalue weighted by Crippen LogP contribution is -2.51. The quantitative estimate of drug-likeness (QED) is 0.671. The van der Waals surface area contributed by atoms with Crippen molar-refractivity contribution < 1.29 is 13.2 Å². The molecule has 2 aliphatic rings. The van der Waals surface area contributed by atoms with Gasteiger partial charge in [-0.1, -0.05) is 25.8 Å². The van der Waals surface area contributed by atoms with Gasteiger partial charge in [0.05, 0.1) is 5.56 Å². The van der Waals surface area contributed by atoms with E-state index in [1.807, 2.05) is 0 Å². The Kier molecular flexibility index (Phi) is 6.86. The molecule has 1 heterocycles. The number of alkyl halides is 3. The van der Waals surface area contributed by atoms with Crippen LogP contribution in [-0.4, -0.2) is 47.1 Å². The molecule has 1 aliphatic carbocycles. The number of anilines is 1. The van der Waals surface area contributed by atoms with Crippen molar-refractivity contribution in [3.8, 4) is 0 Å². The normalized spacial score (nSPS) is 24.4. The van der Waals surface area contributed by atoms with E-state index in [0.29, 0.717) is 22.9 Å². The summed E-state index contributed by atoms with van der Waals surface area (Å²) in [4.78, 5) is 4.65. The summed E-state index contributed by atoms with van der Waals surface area (Å²) in [5.41, 5.74) is -0.280. The van der Waals surface area contributed by atoms with Crippen molar-refractivity contribution in [2.75, 3.05) is 25.5 Å². The lowest BCUT2D eigenvalue weighted by atomic mass is 9.84. The zero-order valence-corrected chi connectivity index (χ0v) is 17.5. The number of thiocarbonyl (C=S) groups is 1. The summed E-state index contributed by atoms with van der Waals surface area (Å²) in [5.74, 6) is 0.750. The van der Waals surface area contributed by atoms with Gasteiger partial charge in [0.25, 0.3) is 0 Å². The van der Waals surface area contributed by atoms with Crippen LogP contribution in [-0.2, 0) is 6.18 Å². The molecule has 7 heteroatoms. The molecular weight excluding hydrogens is 383 g/mol. The Hall–Kier alpha value is -1.34. The minimum absolute atomic E-state index is 0.384. The number of likely N-dealkylation sites (tertiary alicyclic amines) is 1. The first-order chi connectivity index (χ1) is 13.3. The van der Waals surface area contributed by atoms with E-state index in [2.05, 4.69) is 29.1 Å². The van der Waals surface area contributed by atoms with E-state index in [-0.39, 0.29) is 0 Å². The van der Waals surface area contributed by atoms with Gasteiger partial charge in [-0.15, -0.1) is 0 Å². The van der Waals surface area contributed by atoms with Crippen LogP contribution in [0.5, 0.6) is 0 Å². The first-order valence-corrected chi connectivity index (χ1v) is 10.6. The Labute approximate surface area is 171 Å². The van der Waals surface area contributed by atoms with Crippen molar-refractivity contribution in [1.82, 2.24) is 9.80 Å². The van der Waals surface area contributed by atoms with Gasteiger partial charge in [-0.25, -0.2) is 0 Å². The zero-order valence-electron chi connectivity index (χ0n) is 16.6. The molecular formula is C21H30F3N3S. The fraction of sp³-hybridized carbons (Fsp3) is 0.667. The Balaban J connectivity index is 1.52. The fourth-order valence-corrected chi connectivity index (χ4v) is 4.92. The first-order valence-electron chi connectivity index (χ1n) is 10.2. The predicted molar refractivity (Wildman–Crippen MR) is 111 cm³/mol. The third kappa shape index (κ3) is 5.17. The molecule has 156 valence electrons. The lowest BCUT2D eigenvalue weighted by molar-refractivity contribution is -0.137. The standard InChI is InChI=1S/C21H30F3N3S/c1-15-6-3-4-9-19(15)26(2)18-10-12-27(13-11-18)20(28)25-17-8-5-7-16(14-17)21(22,23)24/h5,7-8,14-15,18-19H,3-4,6,9-13H2,1-2H3,(H,25,28)/t15-,19-/m1/s1. The summed E-state index contributed by atoms with van der Waals surface area (Å²) < 4.78 is 38.7. The van der Waals surface area contributed by atoms with Gasteiger partial charge < -0.3 is 15.1 Å². The van der Waals surface area contributed by atoms with Gasteiger partial charge in [0.2, 0.25) is 0 Å². The molecule has 28 heavy (non-hydrogen) atoms. The number of rotatable bonds is 3. The molecule has 0 radical (unpaired) electrons. The highest BCUT2D eigenvalue weighted by Gasteiger charge is 2.32. The van der Waals surface area contributed by atoms with Crippen LogP contribution in [0.4, 0.5) is 18.9 Å². The minimum Gasteiger partial charge on any atom is -0.349 e. The average molecular weight is 414 g/mol. The minimum atomic E-state index is -4.35. The van der Waals surface area contributed by atoms with Crippen LogP contribution < -0.4 is 5.32 Å². The van der Waals surface area contributed by atoms with Gasteiger partial charge in [0.15, 0.2) is 5.11 Å². The number of benzene rings is 1. The van der Waals surface area contributed by atoms with E-state index >= 15 is 0 Å². The van der Waals surface area contributed by atoms with Crippen LogP contribution in [0.25, 0.3) is 0 Å². The Morgan fingerprint density at radius 3 is 2.46 bits per heavy atom.